The van der Waals surface area contributed by atoms with Crippen molar-refractivity contribution in [2.45, 2.75) is 24.3 Å². The summed E-state index contributed by atoms with van der Waals surface area (Å²) in [7, 11) is -3.91. The summed E-state index contributed by atoms with van der Waals surface area (Å²) in [5, 5.41) is 18.8. The van der Waals surface area contributed by atoms with Crippen molar-refractivity contribution in [3.63, 3.8) is 0 Å². The number of primary sulfonamides is 1. The van der Waals surface area contributed by atoms with Crippen LogP contribution in [0.15, 0.2) is 65.7 Å². The molecule has 0 saturated carbocycles. The maximum Gasteiger partial charge on any atom is 0.239 e. The van der Waals surface area contributed by atoms with Crippen LogP contribution in [0.25, 0.3) is 10.8 Å². The van der Waals surface area contributed by atoms with Gasteiger partial charge in [-0.1, -0.05) is 18.2 Å². The zero-order valence-corrected chi connectivity index (χ0v) is 18.5. The molecule has 0 aliphatic heterocycles. The van der Waals surface area contributed by atoms with Gasteiger partial charge in [0.05, 0.1) is 6.54 Å². The van der Waals surface area contributed by atoms with Crippen molar-refractivity contribution >= 4 is 32.5 Å². The molecule has 8 nitrogen and oxygen atoms in total. The Labute approximate surface area is 193 Å². The summed E-state index contributed by atoms with van der Waals surface area (Å²) < 4.78 is 52.1. The first kappa shape index (κ1) is 23.3. The number of fused-ring (bicyclic) bond motifs is 1. The number of amides is 1. The first-order chi connectivity index (χ1) is 16.1. The first-order valence-corrected chi connectivity index (χ1v) is 11.7. The van der Waals surface area contributed by atoms with Gasteiger partial charge in [0, 0.05) is 29.1 Å². The Balaban J connectivity index is 1.58. The minimum Gasteiger partial charge on any atom is -0.494 e. The van der Waals surface area contributed by atoms with Gasteiger partial charge in [-0.15, -0.1) is 0 Å². The molecule has 34 heavy (non-hydrogen) atoms. The molecule has 0 bridgehead atoms. The average Bonchev–Trinajstić information content (AvgIpc) is 3.06. The van der Waals surface area contributed by atoms with E-state index in [0.717, 1.165) is 6.20 Å². The highest BCUT2D eigenvalue weighted by atomic mass is 32.2. The fourth-order valence-electron chi connectivity index (χ4n) is 3.67. The van der Waals surface area contributed by atoms with Gasteiger partial charge in [-0.05, 0) is 48.4 Å². The standard InChI is InChI=1S/C23H20F2N4O4S/c24-15-6-4-14(5-7-15)13-29-19(22-17(23(29)31)2-1-3-18(22)25)9-11-21(30)28-20-10-8-16(12-27-20)34(26,32)33/h1-8,10,12,31H,9,11,13H2,(H2,26,32,33)(H,27,28,30). The van der Waals surface area contributed by atoms with Crippen molar-refractivity contribution in [3.8, 4) is 5.88 Å². The van der Waals surface area contributed by atoms with E-state index in [2.05, 4.69) is 10.3 Å². The quantitative estimate of drug-likeness (QED) is 0.369. The van der Waals surface area contributed by atoms with Gasteiger partial charge >= 0.3 is 0 Å². The molecule has 1 amide bonds. The van der Waals surface area contributed by atoms with Gasteiger partial charge in [0.25, 0.3) is 0 Å². The number of halogens is 2. The number of hydrogen-bond donors (Lipinski definition) is 3. The van der Waals surface area contributed by atoms with E-state index in [0.29, 0.717) is 16.6 Å². The Kier molecular flexibility index (Phi) is 6.31. The van der Waals surface area contributed by atoms with E-state index < -0.39 is 27.6 Å². The van der Waals surface area contributed by atoms with Crippen molar-refractivity contribution in [1.29, 1.82) is 0 Å². The summed E-state index contributed by atoms with van der Waals surface area (Å²) in [6.07, 6.45) is 1.04. The molecule has 4 rings (SSSR count). The van der Waals surface area contributed by atoms with Gasteiger partial charge in [-0.3, -0.25) is 4.79 Å². The second-order valence-electron chi connectivity index (χ2n) is 7.62. The van der Waals surface area contributed by atoms with Crippen LogP contribution < -0.4 is 10.5 Å². The molecule has 2 aromatic heterocycles. The molecule has 11 heteroatoms. The fraction of sp³-hybridized carbons (Fsp3) is 0.130. The van der Waals surface area contributed by atoms with Crippen LogP contribution in [-0.2, 0) is 27.8 Å². The summed E-state index contributed by atoms with van der Waals surface area (Å²) in [5.41, 5.74) is 1.09. The molecule has 0 radical (unpaired) electrons. The van der Waals surface area contributed by atoms with E-state index >= 15 is 0 Å². The van der Waals surface area contributed by atoms with Gasteiger partial charge < -0.3 is 15.0 Å². The SMILES string of the molecule is NS(=O)(=O)c1ccc(NC(=O)CCc2c3c(F)cccc3c(O)n2Cc2ccc(F)cc2)nc1. The Morgan fingerprint density at radius 2 is 1.82 bits per heavy atom. The molecule has 176 valence electrons. The lowest BCUT2D eigenvalue weighted by molar-refractivity contribution is -0.116. The lowest BCUT2D eigenvalue weighted by Crippen LogP contribution is -2.16. The third-order valence-corrected chi connectivity index (χ3v) is 6.20. The molecule has 0 aliphatic carbocycles. The number of anilines is 1. The minimum atomic E-state index is -3.91. The van der Waals surface area contributed by atoms with Crippen molar-refractivity contribution < 1.29 is 27.1 Å². The number of nitrogens with zero attached hydrogens (tertiary/aromatic N) is 2. The van der Waals surface area contributed by atoms with Crippen LogP contribution in [0, 0.1) is 11.6 Å². The maximum absolute atomic E-state index is 14.7. The number of aromatic hydroxyl groups is 1. The van der Waals surface area contributed by atoms with E-state index in [-0.39, 0.29) is 41.4 Å². The second-order valence-corrected chi connectivity index (χ2v) is 9.18. The number of aromatic nitrogens is 2. The third kappa shape index (κ3) is 4.90. The number of nitrogens with two attached hydrogens (primary N) is 1. The normalized spacial score (nSPS) is 11.6. The van der Waals surface area contributed by atoms with Crippen molar-refractivity contribution in [2.24, 2.45) is 5.14 Å². The number of benzene rings is 2. The third-order valence-electron chi connectivity index (χ3n) is 5.30. The van der Waals surface area contributed by atoms with Crippen LogP contribution in [0.2, 0.25) is 0 Å². The van der Waals surface area contributed by atoms with Gasteiger partial charge in [0.15, 0.2) is 5.88 Å². The number of carbonyl (C=O) groups is 1. The number of pyridine rings is 1. The highest BCUT2D eigenvalue weighted by Gasteiger charge is 2.20. The average molecular weight is 487 g/mol. The molecule has 0 spiro atoms. The summed E-state index contributed by atoms with van der Waals surface area (Å²) in [6.45, 7) is 0.147. The number of hydrogen-bond acceptors (Lipinski definition) is 5. The fourth-order valence-corrected chi connectivity index (χ4v) is 4.13. The van der Waals surface area contributed by atoms with Crippen molar-refractivity contribution in [2.75, 3.05) is 5.32 Å². The first-order valence-electron chi connectivity index (χ1n) is 10.1. The zero-order valence-electron chi connectivity index (χ0n) is 17.7. The number of nitrogens with one attached hydrogen (secondary N) is 1. The van der Waals surface area contributed by atoms with E-state index in [9.17, 15) is 27.1 Å². The molecular formula is C23H20F2N4O4S. The number of carbonyl (C=O) groups excluding carboxylic acids is 1. The maximum atomic E-state index is 14.7. The Morgan fingerprint density at radius 3 is 2.47 bits per heavy atom. The Morgan fingerprint density at radius 1 is 1.09 bits per heavy atom. The van der Waals surface area contributed by atoms with Crippen molar-refractivity contribution in [3.05, 3.63) is 83.7 Å². The topological polar surface area (TPSA) is 127 Å². The van der Waals surface area contributed by atoms with E-state index in [1.807, 2.05) is 0 Å². The zero-order chi connectivity index (χ0) is 24.5. The highest BCUT2D eigenvalue weighted by molar-refractivity contribution is 7.89. The van der Waals surface area contributed by atoms with E-state index in [1.54, 1.807) is 18.2 Å². The molecule has 0 atom stereocenters. The van der Waals surface area contributed by atoms with Crippen LogP contribution in [-0.4, -0.2) is 29.0 Å². The Bertz CT molecular complexity index is 1470. The summed E-state index contributed by atoms with van der Waals surface area (Å²) in [6, 6.07) is 12.5. The lowest BCUT2D eigenvalue weighted by atomic mass is 10.1. The predicted molar refractivity (Wildman–Crippen MR) is 122 cm³/mol. The summed E-state index contributed by atoms with van der Waals surface area (Å²) in [4.78, 5) is 16.2. The van der Waals surface area contributed by atoms with E-state index in [1.165, 1.54) is 41.0 Å². The van der Waals surface area contributed by atoms with Crippen LogP contribution >= 0.6 is 0 Å². The minimum absolute atomic E-state index is 0.0745. The Hall–Kier alpha value is -3.83. The monoisotopic (exact) mass is 486 g/mol. The van der Waals surface area contributed by atoms with Gasteiger partial charge in [-0.25, -0.2) is 27.3 Å². The van der Waals surface area contributed by atoms with Crippen LogP contribution in [0.5, 0.6) is 5.88 Å². The predicted octanol–water partition coefficient (Wildman–Crippen LogP) is 3.29. The second kappa shape index (κ2) is 9.20. The molecule has 0 fully saturated rings. The van der Waals surface area contributed by atoms with Gasteiger partial charge in [-0.2, -0.15) is 0 Å². The summed E-state index contributed by atoms with van der Waals surface area (Å²) >= 11 is 0. The van der Waals surface area contributed by atoms with Gasteiger partial charge in [0.2, 0.25) is 15.9 Å². The molecule has 2 aromatic carbocycles. The highest BCUT2D eigenvalue weighted by Crippen LogP contribution is 2.34. The van der Waals surface area contributed by atoms with E-state index in [4.69, 9.17) is 5.14 Å². The van der Waals surface area contributed by atoms with Crippen molar-refractivity contribution in [1.82, 2.24) is 9.55 Å². The largest absolute Gasteiger partial charge is 0.494 e. The molecule has 0 unspecified atom stereocenters. The molecule has 0 aliphatic rings. The summed E-state index contributed by atoms with van der Waals surface area (Å²) in [5.74, 6) is -1.43. The lowest BCUT2D eigenvalue weighted by Gasteiger charge is -2.12. The number of sulfonamides is 1. The molecule has 0 saturated heterocycles. The van der Waals surface area contributed by atoms with Crippen LogP contribution in [0.4, 0.5) is 14.6 Å². The molecular weight excluding hydrogens is 466 g/mol. The van der Waals surface area contributed by atoms with Gasteiger partial charge in [0.1, 0.15) is 22.3 Å². The number of rotatable bonds is 7. The molecule has 2 heterocycles. The molecule has 4 N–H and O–H groups in total. The smallest absolute Gasteiger partial charge is 0.239 e. The number of aryl methyl sites for hydroxylation is 1. The molecule has 4 aromatic rings. The van der Waals surface area contributed by atoms with Crippen LogP contribution in [0.3, 0.4) is 0 Å². The van der Waals surface area contributed by atoms with Crippen LogP contribution in [0.1, 0.15) is 17.7 Å².